The summed E-state index contributed by atoms with van der Waals surface area (Å²) < 4.78 is 14.8. The van der Waals surface area contributed by atoms with Gasteiger partial charge in [-0.2, -0.15) is 5.10 Å². The molecule has 0 atom stereocenters. The lowest BCUT2D eigenvalue weighted by atomic mass is 10.2. The van der Waals surface area contributed by atoms with Crippen molar-refractivity contribution in [2.45, 2.75) is 27.3 Å². The van der Waals surface area contributed by atoms with Gasteiger partial charge >= 0.3 is 0 Å². The minimum absolute atomic E-state index is 0.0411. The monoisotopic (exact) mass is 276 g/mol. The zero-order chi connectivity index (χ0) is 14.9. The summed E-state index contributed by atoms with van der Waals surface area (Å²) in [6, 6.07) is 4.38. The molecule has 0 saturated carbocycles. The summed E-state index contributed by atoms with van der Waals surface area (Å²) in [4.78, 5) is 11.9. The highest BCUT2D eigenvalue weighted by Gasteiger charge is 2.12. The highest BCUT2D eigenvalue weighted by molar-refractivity contribution is 5.90. The van der Waals surface area contributed by atoms with Gasteiger partial charge in [0.15, 0.2) is 0 Å². The van der Waals surface area contributed by atoms with E-state index in [2.05, 4.69) is 10.4 Å². The molecule has 1 aromatic carbocycles. The number of nitrogens with zero attached hydrogens (tertiary/aromatic N) is 2. The van der Waals surface area contributed by atoms with E-state index in [1.807, 2.05) is 0 Å². The van der Waals surface area contributed by atoms with Gasteiger partial charge in [0.05, 0.1) is 17.1 Å². The van der Waals surface area contributed by atoms with Gasteiger partial charge in [0, 0.05) is 5.69 Å². The van der Waals surface area contributed by atoms with Crippen molar-refractivity contribution in [1.29, 1.82) is 0 Å². The lowest BCUT2D eigenvalue weighted by Crippen LogP contribution is -2.20. The summed E-state index contributed by atoms with van der Waals surface area (Å²) in [5.74, 6) is -0.656. The maximum absolute atomic E-state index is 13.2. The first-order chi connectivity index (χ1) is 9.36. The SMILES string of the molecule is Cc1cc(F)cc(NC(=O)Cn2nc(C)c(N)c2C)c1. The molecule has 1 heterocycles. The van der Waals surface area contributed by atoms with Crippen molar-refractivity contribution in [1.82, 2.24) is 9.78 Å². The number of amides is 1. The minimum atomic E-state index is -0.379. The van der Waals surface area contributed by atoms with E-state index in [4.69, 9.17) is 5.73 Å². The number of benzene rings is 1. The highest BCUT2D eigenvalue weighted by Crippen LogP contribution is 2.16. The molecule has 0 fully saturated rings. The lowest BCUT2D eigenvalue weighted by molar-refractivity contribution is -0.116. The summed E-state index contributed by atoms with van der Waals surface area (Å²) in [7, 11) is 0. The Bertz CT molecular complexity index is 643. The largest absolute Gasteiger partial charge is 0.396 e. The number of nitrogens with two attached hydrogens (primary N) is 1. The molecule has 5 nitrogen and oxygen atoms in total. The van der Waals surface area contributed by atoms with Gasteiger partial charge in [-0.1, -0.05) is 0 Å². The first-order valence-corrected chi connectivity index (χ1v) is 6.23. The molecule has 3 N–H and O–H groups in total. The molecule has 0 radical (unpaired) electrons. The molecule has 2 aromatic rings. The number of aromatic nitrogens is 2. The molecule has 1 amide bonds. The van der Waals surface area contributed by atoms with E-state index >= 15 is 0 Å². The number of nitrogen functional groups attached to an aromatic ring is 1. The maximum atomic E-state index is 13.2. The third-order valence-electron chi connectivity index (χ3n) is 3.06. The normalized spacial score (nSPS) is 10.6. The summed E-state index contributed by atoms with van der Waals surface area (Å²) in [6.07, 6.45) is 0. The first kappa shape index (κ1) is 14.0. The zero-order valence-electron chi connectivity index (χ0n) is 11.7. The Hall–Kier alpha value is -2.37. The Labute approximate surface area is 116 Å². The van der Waals surface area contributed by atoms with Gasteiger partial charge in [0.25, 0.3) is 0 Å². The van der Waals surface area contributed by atoms with E-state index in [0.29, 0.717) is 17.1 Å². The summed E-state index contributed by atoms with van der Waals surface area (Å²) in [5.41, 5.74) is 9.00. The van der Waals surface area contributed by atoms with Crippen LogP contribution in [0.25, 0.3) is 0 Å². The molecule has 0 aliphatic heterocycles. The predicted octanol–water partition coefficient (Wildman–Crippen LogP) is 2.17. The van der Waals surface area contributed by atoms with E-state index in [-0.39, 0.29) is 18.3 Å². The van der Waals surface area contributed by atoms with E-state index in [1.54, 1.807) is 26.8 Å². The molecule has 0 bridgehead atoms. The standard InChI is InChI=1S/C14H17FN4O/c1-8-4-11(15)6-12(5-8)17-13(20)7-19-10(3)14(16)9(2)18-19/h4-6H,7,16H2,1-3H3,(H,17,20). The fourth-order valence-electron chi connectivity index (χ4n) is 2.01. The van der Waals surface area contributed by atoms with Crippen molar-refractivity contribution < 1.29 is 9.18 Å². The smallest absolute Gasteiger partial charge is 0.246 e. The van der Waals surface area contributed by atoms with Gasteiger partial charge in [-0.15, -0.1) is 0 Å². The van der Waals surface area contributed by atoms with Gasteiger partial charge in [0.2, 0.25) is 5.91 Å². The fraction of sp³-hybridized carbons (Fsp3) is 0.286. The van der Waals surface area contributed by atoms with E-state index in [0.717, 1.165) is 11.3 Å². The number of aryl methyl sites for hydroxylation is 2. The molecule has 0 aliphatic carbocycles. The lowest BCUT2D eigenvalue weighted by Gasteiger charge is -2.08. The molecule has 0 aliphatic rings. The topological polar surface area (TPSA) is 72.9 Å². The van der Waals surface area contributed by atoms with Crippen molar-refractivity contribution >= 4 is 17.3 Å². The second kappa shape index (κ2) is 5.32. The van der Waals surface area contributed by atoms with Gasteiger partial charge < -0.3 is 11.1 Å². The number of hydrogen-bond acceptors (Lipinski definition) is 3. The maximum Gasteiger partial charge on any atom is 0.246 e. The van der Waals surface area contributed by atoms with Crippen LogP contribution in [0.4, 0.5) is 15.8 Å². The molecular formula is C14H17FN4O. The Balaban J connectivity index is 2.11. The quantitative estimate of drug-likeness (QED) is 0.902. The molecule has 1 aromatic heterocycles. The van der Waals surface area contributed by atoms with Gasteiger partial charge in [-0.3, -0.25) is 9.48 Å². The molecular weight excluding hydrogens is 259 g/mol. The second-order valence-electron chi connectivity index (χ2n) is 4.81. The van der Waals surface area contributed by atoms with Crippen LogP contribution in [0.2, 0.25) is 0 Å². The first-order valence-electron chi connectivity index (χ1n) is 6.23. The van der Waals surface area contributed by atoms with Crippen LogP contribution in [0, 0.1) is 26.6 Å². The van der Waals surface area contributed by atoms with Gasteiger partial charge in [0.1, 0.15) is 12.4 Å². The second-order valence-corrected chi connectivity index (χ2v) is 4.81. The number of rotatable bonds is 3. The van der Waals surface area contributed by atoms with Gasteiger partial charge in [-0.25, -0.2) is 4.39 Å². The molecule has 0 spiro atoms. The number of nitrogens with one attached hydrogen (secondary N) is 1. The third kappa shape index (κ3) is 2.96. The summed E-state index contributed by atoms with van der Waals surface area (Å²) in [6.45, 7) is 5.39. The van der Waals surface area contributed by atoms with Crippen molar-refractivity contribution in [2.24, 2.45) is 0 Å². The molecule has 0 saturated heterocycles. The number of halogens is 1. The average molecular weight is 276 g/mol. The third-order valence-corrected chi connectivity index (χ3v) is 3.06. The Kier molecular flexibility index (Phi) is 3.74. The zero-order valence-corrected chi connectivity index (χ0v) is 11.7. The Morgan fingerprint density at radius 2 is 2.05 bits per heavy atom. The molecule has 6 heteroatoms. The van der Waals surface area contributed by atoms with Crippen LogP contribution < -0.4 is 11.1 Å². The van der Waals surface area contributed by atoms with Crippen molar-refractivity contribution in [3.8, 4) is 0 Å². The van der Waals surface area contributed by atoms with Crippen LogP contribution >= 0.6 is 0 Å². The summed E-state index contributed by atoms with van der Waals surface area (Å²) >= 11 is 0. The average Bonchev–Trinajstić information content (AvgIpc) is 2.55. The van der Waals surface area contributed by atoms with Crippen LogP contribution in [0.1, 0.15) is 17.0 Å². The molecule has 2 rings (SSSR count). The molecule has 0 unspecified atom stereocenters. The molecule has 20 heavy (non-hydrogen) atoms. The van der Waals surface area contributed by atoms with E-state index in [1.165, 1.54) is 16.8 Å². The van der Waals surface area contributed by atoms with E-state index in [9.17, 15) is 9.18 Å². The van der Waals surface area contributed by atoms with Crippen LogP contribution in [0.15, 0.2) is 18.2 Å². The number of carbonyl (C=O) groups excluding carboxylic acids is 1. The number of anilines is 2. The van der Waals surface area contributed by atoms with Crippen molar-refractivity contribution in [2.75, 3.05) is 11.1 Å². The number of hydrogen-bond donors (Lipinski definition) is 2. The van der Waals surface area contributed by atoms with Crippen LogP contribution in [0.5, 0.6) is 0 Å². The van der Waals surface area contributed by atoms with Gasteiger partial charge in [-0.05, 0) is 44.5 Å². The van der Waals surface area contributed by atoms with Crippen LogP contribution in [-0.4, -0.2) is 15.7 Å². The predicted molar refractivity (Wildman–Crippen MR) is 75.9 cm³/mol. The van der Waals surface area contributed by atoms with Crippen LogP contribution in [0.3, 0.4) is 0 Å². The van der Waals surface area contributed by atoms with Crippen molar-refractivity contribution in [3.63, 3.8) is 0 Å². The van der Waals surface area contributed by atoms with Crippen molar-refractivity contribution in [3.05, 3.63) is 41.0 Å². The fourth-order valence-corrected chi connectivity index (χ4v) is 2.01. The minimum Gasteiger partial charge on any atom is -0.396 e. The molecule has 106 valence electrons. The summed E-state index contributed by atoms with van der Waals surface area (Å²) in [5, 5.41) is 6.83. The van der Waals surface area contributed by atoms with Crippen LogP contribution in [-0.2, 0) is 11.3 Å². The Morgan fingerprint density at radius 1 is 1.35 bits per heavy atom. The Morgan fingerprint density at radius 3 is 2.60 bits per heavy atom. The number of carbonyl (C=O) groups is 1. The van der Waals surface area contributed by atoms with E-state index < -0.39 is 0 Å². The highest BCUT2D eigenvalue weighted by atomic mass is 19.1.